The van der Waals surface area contributed by atoms with Crippen molar-refractivity contribution in [2.75, 3.05) is 0 Å². The molecule has 0 spiro atoms. The molecule has 0 fully saturated rings. The standard InChI is InChI=1S/C13H22OSSi/c1-11-6-8-13(9-7-11)15(14)12(2)10-16(3,4)5/h6-9,12H,10H2,1-5H3/t12-,15?/m1/s1. The van der Waals surface area contributed by atoms with Crippen LogP contribution in [0.25, 0.3) is 0 Å². The average Bonchev–Trinajstić information content (AvgIpc) is 2.15. The molecule has 16 heavy (non-hydrogen) atoms. The van der Waals surface area contributed by atoms with Crippen LogP contribution in [0.3, 0.4) is 0 Å². The Kier molecular flexibility index (Phi) is 4.50. The zero-order valence-electron chi connectivity index (χ0n) is 10.9. The van der Waals surface area contributed by atoms with Crippen LogP contribution >= 0.6 is 0 Å². The van der Waals surface area contributed by atoms with Crippen molar-refractivity contribution in [3.63, 3.8) is 0 Å². The van der Waals surface area contributed by atoms with E-state index in [1.54, 1.807) is 0 Å². The smallest absolute Gasteiger partial charge is 0.0555 e. The predicted octanol–water partition coefficient (Wildman–Crippen LogP) is 3.83. The van der Waals surface area contributed by atoms with Crippen molar-refractivity contribution in [2.45, 2.75) is 49.7 Å². The fourth-order valence-electron chi connectivity index (χ4n) is 1.84. The van der Waals surface area contributed by atoms with Crippen LogP contribution in [-0.4, -0.2) is 17.5 Å². The highest BCUT2D eigenvalue weighted by molar-refractivity contribution is 7.85. The fraction of sp³-hybridized carbons (Fsp3) is 0.538. The van der Waals surface area contributed by atoms with Gasteiger partial charge in [0.15, 0.2) is 0 Å². The highest BCUT2D eigenvalue weighted by Crippen LogP contribution is 2.20. The lowest BCUT2D eigenvalue weighted by Crippen LogP contribution is -2.27. The SMILES string of the molecule is Cc1ccc(S(=O)[C@H](C)C[Si](C)(C)C)cc1. The molecule has 2 atom stereocenters. The van der Waals surface area contributed by atoms with Gasteiger partial charge < -0.3 is 0 Å². The first kappa shape index (κ1) is 13.7. The number of benzene rings is 1. The highest BCUT2D eigenvalue weighted by Gasteiger charge is 2.22. The summed E-state index contributed by atoms with van der Waals surface area (Å²) in [4.78, 5) is 0.969. The Bertz CT molecular complexity index is 365. The molecule has 0 aromatic heterocycles. The van der Waals surface area contributed by atoms with Gasteiger partial charge in [-0.15, -0.1) is 0 Å². The van der Waals surface area contributed by atoms with Gasteiger partial charge in [-0.05, 0) is 25.1 Å². The summed E-state index contributed by atoms with van der Waals surface area (Å²) in [6, 6.07) is 9.18. The molecule has 0 saturated heterocycles. The molecular weight excluding hydrogens is 232 g/mol. The number of aryl methyl sites for hydroxylation is 1. The second-order valence-electron chi connectivity index (χ2n) is 5.69. The largest absolute Gasteiger partial charge is 0.254 e. The van der Waals surface area contributed by atoms with E-state index in [2.05, 4.69) is 33.5 Å². The Morgan fingerprint density at radius 1 is 1.19 bits per heavy atom. The van der Waals surface area contributed by atoms with E-state index in [0.29, 0.717) is 0 Å². The molecule has 90 valence electrons. The van der Waals surface area contributed by atoms with E-state index in [9.17, 15) is 4.21 Å². The summed E-state index contributed by atoms with van der Waals surface area (Å²) in [7, 11) is -1.97. The Morgan fingerprint density at radius 3 is 2.12 bits per heavy atom. The first-order chi connectivity index (χ1) is 7.29. The van der Waals surface area contributed by atoms with Gasteiger partial charge in [0.1, 0.15) is 0 Å². The lowest BCUT2D eigenvalue weighted by atomic mass is 10.2. The second-order valence-corrected chi connectivity index (χ2v) is 13.1. The summed E-state index contributed by atoms with van der Waals surface area (Å²) in [5.41, 5.74) is 1.22. The summed E-state index contributed by atoms with van der Waals surface area (Å²) in [6.07, 6.45) is 0. The minimum Gasteiger partial charge on any atom is -0.254 e. The minimum absolute atomic E-state index is 0.273. The highest BCUT2D eigenvalue weighted by atomic mass is 32.2. The number of hydrogen-bond donors (Lipinski definition) is 0. The average molecular weight is 254 g/mol. The fourth-order valence-corrected chi connectivity index (χ4v) is 6.54. The zero-order valence-corrected chi connectivity index (χ0v) is 12.7. The second kappa shape index (κ2) is 5.28. The summed E-state index contributed by atoms with van der Waals surface area (Å²) < 4.78 is 12.3. The van der Waals surface area contributed by atoms with Crippen LogP contribution in [0.15, 0.2) is 29.2 Å². The summed E-state index contributed by atoms with van der Waals surface area (Å²) in [6.45, 7) is 11.1. The van der Waals surface area contributed by atoms with Gasteiger partial charge in [-0.2, -0.15) is 0 Å². The molecule has 1 aromatic rings. The zero-order chi connectivity index (χ0) is 12.3. The maximum atomic E-state index is 12.3. The Hall–Kier alpha value is -0.413. The van der Waals surface area contributed by atoms with Gasteiger partial charge in [-0.25, -0.2) is 0 Å². The Labute approximate surface area is 103 Å². The molecule has 1 nitrogen and oxygen atoms in total. The molecule has 0 radical (unpaired) electrons. The first-order valence-electron chi connectivity index (χ1n) is 5.77. The third-order valence-electron chi connectivity index (χ3n) is 2.52. The summed E-state index contributed by atoms with van der Waals surface area (Å²) in [5, 5.41) is 0.273. The van der Waals surface area contributed by atoms with Gasteiger partial charge in [0.25, 0.3) is 0 Å². The van der Waals surface area contributed by atoms with E-state index in [4.69, 9.17) is 0 Å². The molecule has 1 rings (SSSR count). The van der Waals surface area contributed by atoms with E-state index in [1.807, 2.05) is 24.3 Å². The van der Waals surface area contributed by atoms with Gasteiger partial charge >= 0.3 is 0 Å². The van der Waals surface area contributed by atoms with Crippen molar-refractivity contribution in [1.29, 1.82) is 0 Å². The van der Waals surface area contributed by atoms with E-state index in [1.165, 1.54) is 5.56 Å². The maximum Gasteiger partial charge on any atom is 0.0555 e. The van der Waals surface area contributed by atoms with Gasteiger partial charge in [0.2, 0.25) is 0 Å². The topological polar surface area (TPSA) is 17.1 Å². The van der Waals surface area contributed by atoms with Crippen LogP contribution in [0.1, 0.15) is 12.5 Å². The van der Waals surface area contributed by atoms with Crippen LogP contribution in [0, 0.1) is 6.92 Å². The van der Waals surface area contributed by atoms with E-state index in [0.717, 1.165) is 10.9 Å². The molecule has 0 heterocycles. The first-order valence-corrected chi connectivity index (χ1v) is 10.7. The monoisotopic (exact) mass is 254 g/mol. The number of rotatable bonds is 4. The van der Waals surface area contributed by atoms with Gasteiger partial charge in [-0.1, -0.05) is 44.3 Å². The van der Waals surface area contributed by atoms with Crippen molar-refractivity contribution < 1.29 is 4.21 Å². The van der Waals surface area contributed by atoms with Crippen molar-refractivity contribution in [2.24, 2.45) is 0 Å². The van der Waals surface area contributed by atoms with Gasteiger partial charge in [0, 0.05) is 18.2 Å². The molecule has 0 aliphatic heterocycles. The van der Waals surface area contributed by atoms with Crippen LogP contribution in [-0.2, 0) is 10.8 Å². The van der Waals surface area contributed by atoms with Crippen LogP contribution in [0.5, 0.6) is 0 Å². The van der Waals surface area contributed by atoms with E-state index >= 15 is 0 Å². The van der Waals surface area contributed by atoms with Crippen molar-refractivity contribution in [1.82, 2.24) is 0 Å². The van der Waals surface area contributed by atoms with Gasteiger partial charge in [0.05, 0.1) is 10.8 Å². The molecule has 0 aliphatic rings. The molecule has 1 unspecified atom stereocenters. The summed E-state index contributed by atoms with van der Waals surface area (Å²) in [5.74, 6) is 0. The molecule has 0 N–H and O–H groups in total. The molecule has 3 heteroatoms. The van der Waals surface area contributed by atoms with E-state index < -0.39 is 18.9 Å². The van der Waals surface area contributed by atoms with Crippen molar-refractivity contribution in [3.05, 3.63) is 29.8 Å². The van der Waals surface area contributed by atoms with Crippen LogP contribution < -0.4 is 0 Å². The third-order valence-corrected chi connectivity index (χ3v) is 6.29. The third kappa shape index (κ3) is 4.22. The maximum absolute atomic E-state index is 12.3. The lowest BCUT2D eigenvalue weighted by molar-refractivity contribution is 0.676. The van der Waals surface area contributed by atoms with Crippen molar-refractivity contribution in [3.8, 4) is 0 Å². The Morgan fingerprint density at radius 2 is 1.69 bits per heavy atom. The number of hydrogen-bond acceptors (Lipinski definition) is 1. The van der Waals surface area contributed by atoms with E-state index in [-0.39, 0.29) is 5.25 Å². The summed E-state index contributed by atoms with van der Waals surface area (Å²) >= 11 is 0. The molecule has 0 bridgehead atoms. The lowest BCUT2D eigenvalue weighted by Gasteiger charge is -2.20. The van der Waals surface area contributed by atoms with Gasteiger partial charge in [-0.3, -0.25) is 4.21 Å². The van der Waals surface area contributed by atoms with Crippen LogP contribution in [0.4, 0.5) is 0 Å². The van der Waals surface area contributed by atoms with Crippen LogP contribution in [0.2, 0.25) is 25.7 Å². The minimum atomic E-state index is -1.12. The predicted molar refractivity (Wildman–Crippen MR) is 75.2 cm³/mol. The molecule has 0 aliphatic carbocycles. The molecule has 0 amide bonds. The van der Waals surface area contributed by atoms with Crippen molar-refractivity contribution >= 4 is 18.9 Å². The molecule has 0 saturated carbocycles. The quantitative estimate of drug-likeness (QED) is 0.746. The Balaban J connectivity index is 2.74. The normalized spacial score (nSPS) is 15.8. The molecule has 1 aromatic carbocycles. The molecular formula is C13H22OSSi.